The third-order valence-electron chi connectivity index (χ3n) is 4.76. The van der Waals surface area contributed by atoms with Gasteiger partial charge in [0, 0.05) is 25.7 Å². The van der Waals surface area contributed by atoms with Gasteiger partial charge in [0.2, 0.25) is 10.0 Å². The lowest BCUT2D eigenvalue weighted by molar-refractivity contribution is -0.384. The highest BCUT2D eigenvalue weighted by Crippen LogP contribution is 2.30. The molecule has 1 aliphatic rings. The molecular weight excluding hydrogens is 382 g/mol. The van der Waals surface area contributed by atoms with E-state index in [-0.39, 0.29) is 16.3 Å². The number of sulfonamides is 1. The van der Waals surface area contributed by atoms with Gasteiger partial charge in [0.05, 0.1) is 16.9 Å². The molecule has 2 aromatic carbocycles. The predicted molar refractivity (Wildman–Crippen MR) is 106 cm³/mol. The minimum atomic E-state index is -3.72. The van der Waals surface area contributed by atoms with Gasteiger partial charge in [-0.1, -0.05) is 18.6 Å². The SMILES string of the molecule is COc1ccc(CNc2ccc(S(=O)(=O)N3CCCCC3)cc2[N+](=O)[O-])cc1. The van der Waals surface area contributed by atoms with Gasteiger partial charge in [0.25, 0.3) is 5.69 Å². The topological polar surface area (TPSA) is 102 Å². The molecule has 1 N–H and O–H groups in total. The third kappa shape index (κ3) is 4.42. The van der Waals surface area contributed by atoms with Crippen molar-refractivity contribution in [2.45, 2.75) is 30.7 Å². The lowest BCUT2D eigenvalue weighted by atomic mass is 10.2. The van der Waals surface area contributed by atoms with Crippen LogP contribution in [0.15, 0.2) is 47.4 Å². The van der Waals surface area contributed by atoms with E-state index in [9.17, 15) is 18.5 Å². The molecule has 1 fully saturated rings. The number of hydrogen-bond acceptors (Lipinski definition) is 6. The van der Waals surface area contributed by atoms with E-state index in [1.807, 2.05) is 12.1 Å². The molecule has 0 atom stereocenters. The molecule has 0 aromatic heterocycles. The summed E-state index contributed by atoms with van der Waals surface area (Å²) in [6.45, 7) is 1.27. The summed E-state index contributed by atoms with van der Waals surface area (Å²) in [5, 5.41) is 14.5. The molecule has 0 spiro atoms. The second-order valence-corrected chi connectivity index (χ2v) is 8.54. The van der Waals surface area contributed by atoms with Gasteiger partial charge < -0.3 is 10.1 Å². The van der Waals surface area contributed by atoms with E-state index in [1.165, 1.54) is 16.4 Å². The van der Waals surface area contributed by atoms with Crippen LogP contribution < -0.4 is 10.1 Å². The minimum absolute atomic E-state index is 0.0453. The zero-order valence-electron chi connectivity index (χ0n) is 15.6. The second kappa shape index (κ2) is 8.57. The summed E-state index contributed by atoms with van der Waals surface area (Å²) < 4.78 is 32.1. The Bertz CT molecular complexity index is 939. The molecule has 1 saturated heterocycles. The summed E-state index contributed by atoms with van der Waals surface area (Å²) >= 11 is 0. The molecular formula is C19H23N3O5S. The number of methoxy groups -OCH3 is 1. The van der Waals surface area contributed by atoms with E-state index >= 15 is 0 Å². The average molecular weight is 405 g/mol. The number of nitro benzene ring substituents is 1. The first-order valence-corrected chi connectivity index (χ1v) is 10.5. The van der Waals surface area contributed by atoms with Crippen molar-refractivity contribution in [2.24, 2.45) is 0 Å². The van der Waals surface area contributed by atoms with Crippen LogP contribution in [0.5, 0.6) is 5.75 Å². The summed E-state index contributed by atoms with van der Waals surface area (Å²) in [6, 6.07) is 11.3. The van der Waals surface area contributed by atoms with Crippen molar-refractivity contribution in [3.8, 4) is 5.75 Å². The second-order valence-electron chi connectivity index (χ2n) is 6.60. The normalized spacial score (nSPS) is 15.2. The van der Waals surface area contributed by atoms with Crippen molar-refractivity contribution in [3.63, 3.8) is 0 Å². The Hall–Kier alpha value is -2.65. The molecule has 0 amide bonds. The van der Waals surface area contributed by atoms with Crippen LogP contribution in [0.2, 0.25) is 0 Å². The number of benzene rings is 2. The quantitative estimate of drug-likeness (QED) is 0.560. The van der Waals surface area contributed by atoms with Gasteiger partial charge in [0.1, 0.15) is 11.4 Å². The molecule has 0 aliphatic carbocycles. The Labute approximate surface area is 164 Å². The number of rotatable bonds is 7. The van der Waals surface area contributed by atoms with Crippen molar-refractivity contribution in [2.75, 3.05) is 25.5 Å². The number of piperidine rings is 1. The van der Waals surface area contributed by atoms with Crippen LogP contribution in [0.1, 0.15) is 24.8 Å². The van der Waals surface area contributed by atoms with Crippen molar-refractivity contribution in [1.29, 1.82) is 0 Å². The Kier molecular flexibility index (Phi) is 6.15. The molecule has 150 valence electrons. The lowest BCUT2D eigenvalue weighted by Gasteiger charge is -2.25. The molecule has 8 nitrogen and oxygen atoms in total. The van der Waals surface area contributed by atoms with Crippen LogP contribution in [0.25, 0.3) is 0 Å². The molecule has 0 saturated carbocycles. The van der Waals surface area contributed by atoms with E-state index in [1.54, 1.807) is 19.2 Å². The number of nitrogens with zero attached hydrogens (tertiary/aromatic N) is 2. The zero-order chi connectivity index (χ0) is 20.1. The highest BCUT2D eigenvalue weighted by Gasteiger charge is 2.28. The Morgan fingerprint density at radius 3 is 2.39 bits per heavy atom. The molecule has 9 heteroatoms. The standard InChI is InChI=1S/C19H23N3O5S/c1-27-16-7-5-15(6-8-16)14-20-18-10-9-17(13-19(18)22(23)24)28(25,26)21-11-3-2-4-12-21/h5-10,13,20H,2-4,11-12,14H2,1H3. The van der Waals surface area contributed by atoms with Gasteiger partial charge in [-0.05, 0) is 42.7 Å². The van der Waals surface area contributed by atoms with Crippen LogP contribution >= 0.6 is 0 Å². The molecule has 0 bridgehead atoms. The molecule has 3 rings (SSSR count). The van der Waals surface area contributed by atoms with Crippen LogP contribution in [0.3, 0.4) is 0 Å². The fraction of sp³-hybridized carbons (Fsp3) is 0.368. The molecule has 1 aliphatic heterocycles. The maximum atomic E-state index is 12.8. The van der Waals surface area contributed by atoms with E-state index in [2.05, 4.69) is 5.32 Å². The summed E-state index contributed by atoms with van der Waals surface area (Å²) in [4.78, 5) is 10.9. The number of nitrogens with one attached hydrogen (secondary N) is 1. The zero-order valence-corrected chi connectivity index (χ0v) is 16.4. The van der Waals surface area contributed by atoms with Gasteiger partial charge in [-0.3, -0.25) is 10.1 Å². The average Bonchev–Trinajstić information content (AvgIpc) is 2.73. The van der Waals surface area contributed by atoms with Gasteiger partial charge in [-0.2, -0.15) is 4.31 Å². The fourth-order valence-electron chi connectivity index (χ4n) is 3.17. The van der Waals surface area contributed by atoms with Crippen LogP contribution in [-0.4, -0.2) is 37.8 Å². The van der Waals surface area contributed by atoms with Crippen LogP contribution in [-0.2, 0) is 16.6 Å². The maximum absolute atomic E-state index is 12.8. The first kappa shape index (κ1) is 20.1. The fourth-order valence-corrected chi connectivity index (χ4v) is 4.71. The molecule has 0 radical (unpaired) electrons. The van der Waals surface area contributed by atoms with Gasteiger partial charge in [-0.25, -0.2) is 8.42 Å². The number of nitro groups is 1. The first-order chi connectivity index (χ1) is 13.4. The lowest BCUT2D eigenvalue weighted by Crippen LogP contribution is -2.35. The molecule has 28 heavy (non-hydrogen) atoms. The van der Waals surface area contributed by atoms with Crippen LogP contribution in [0, 0.1) is 10.1 Å². The van der Waals surface area contributed by atoms with Crippen molar-refractivity contribution in [1.82, 2.24) is 4.31 Å². The van der Waals surface area contributed by atoms with Crippen LogP contribution in [0.4, 0.5) is 11.4 Å². The molecule has 1 heterocycles. The van der Waals surface area contributed by atoms with Gasteiger partial charge in [-0.15, -0.1) is 0 Å². The number of ether oxygens (including phenoxy) is 1. The first-order valence-electron chi connectivity index (χ1n) is 9.07. The Morgan fingerprint density at radius 1 is 1.11 bits per heavy atom. The maximum Gasteiger partial charge on any atom is 0.293 e. The highest BCUT2D eigenvalue weighted by atomic mass is 32.2. The molecule has 0 unspecified atom stereocenters. The van der Waals surface area contributed by atoms with Gasteiger partial charge in [0.15, 0.2) is 0 Å². The number of anilines is 1. The highest BCUT2D eigenvalue weighted by molar-refractivity contribution is 7.89. The predicted octanol–water partition coefficient (Wildman–Crippen LogP) is 3.39. The Morgan fingerprint density at radius 2 is 1.79 bits per heavy atom. The summed E-state index contributed by atoms with van der Waals surface area (Å²) in [5.74, 6) is 0.724. The smallest absolute Gasteiger partial charge is 0.293 e. The van der Waals surface area contributed by atoms with Crippen molar-refractivity contribution < 1.29 is 18.1 Å². The van der Waals surface area contributed by atoms with E-state index in [4.69, 9.17) is 4.74 Å². The van der Waals surface area contributed by atoms with Crippen molar-refractivity contribution in [3.05, 3.63) is 58.1 Å². The van der Waals surface area contributed by atoms with E-state index < -0.39 is 14.9 Å². The minimum Gasteiger partial charge on any atom is -0.497 e. The summed E-state index contributed by atoms with van der Waals surface area (Å²) in [7, 11) is -2.14. The van der Waals surface area contributed by atoms with E-state index in [0.29, 0.717) is 19.6 Å². The molecule has 2 aromatic rings. The Balaban J connectivity index is 1.81. The third-order valence-corrected chi connectivity index (χ3v) is 6.66. The largest absolute Gasteiger partial charge is 0.497 e. The summed E-state index contributed by atoms with van der Waals surface area (Å²) in [5.41, 5.74) is 0.935. The van der Waals surface area contributed by atoms with Crippen molar-refractivity contribution >= 4 is 21.4 Å². The summed E-state index contributed by atoms with van der Waals surface area (Å²) in [6.07, 6.45) is 2.62. The number of hydrogen-bond donors (Lipinski definition) is 1. The van der Waals surface area contributed by atoms with E-state index in [0.717, 1.165) is 36.6 Å². The van der Waals surface area contributed by atoms with Gasteiger partial charge >= 0.3 is 0 Å². The monoisotopic (exact) mass is 405 g/mol.